The number of aromatic nitrogens is 2. The Balaban J connectivity index is 1.47. The topological polar surface area (TPSA) is 86.9 Å². The van der Waals surface area contributed by atoms with Crippen molar-refractivity contribution in [2.75, 3.05) is 5.32 Å². The summed E-state index contributed by atoms with van der Waals surface area (Å²) < 4.78 is 0. The first-order valence-electron chi connectivity index (χ1n) is 7.99. The Hall–Kier alpha value is -3.41. The van der Waals surface area contributed by atoms with Gasteiger partial charge in [-0.3, -0.25) is 14.7 Å². The zero-order chi connectivity index (χ0) is 17.2. The van der Waals surface area contributed by atoms with Crippen LogP contribution in [0.1, 0.15) is 15.9 Å². The number of hydrogen-bond donors (Lipinski definition) is 3. The molecule has 1 aliphatic rings. The Morgan fingerprint density at radius 1 is 1.08 bits per heavy atom. The van der Waals surface area contributed by atoms with E-state index in [-0.39, 0.29) is 11.8 Å². The number of carbonyl (C=O) groups excluding carboxylic acids is 2. The van der Waals surface area contributed by atoms with E-state index in [1.165, 1.54) is 0 Å². The molecule has 0 saturated carbocycles. The highest BCUT2D eigenvalue weighted by Gasteiger charge is 2.28. The number of anilines is 1. The quantitative estimate of drug-likeness (QED) is 0.688. The van der Waals surface area contributed by atoms with Crippen molar-refractivity contribution in [3.8, 4) is 11.1 Å². The van der Waals surface area contributed by atoms with Crippen LogP contribution in [0.15, 0.2) is 60.9 Å². The van der Waals surface area contributed by atoms with E-state index in [9.17, 15) is 9.59 Å². The van der Waals surface area contributed by atoms with Gasteiger partial charge in [0.15, 0.2) is 0 Å². The van der Waals surface area contributed by atoms with Crippen molar-refractivity contribution in [1.82, 2.24) is 15.5 Å². The van der Waals surface area contributed by atoms with E-state index in [0.29, 0.717) is 17.7 Å². The van der Waals surface area contributed by atoms with Gasteiger partial charge < -0.3 is 10.6 Å². The predicted molar refractivity (Wildman–Crippen MR) is 94.1 cm³/mol. The minimum absolute atomic E-state index is 0.211. The van der Waals surface area contributed by atoms with E-state index < -0.39 is 6.04 Å². The second-order valence-electron chi connectivity index (χ2n) is 5.94. The number of hydrogen-bond acceptors (Lipinski definition) is 3. The molecule has 0 spiro atoms. The molecule has 4 rings (SSSR count). The molecule has 1 aromatic heterocycles. The first kappa shape index (κ1) is 15.1. The monoisotopic (exact) mass is 332 g/mol. The standard InChI is InChI=1S/C19H16N4O2/c24-18-16-4-2-1-3-13(16)9-17(23-18)19(25)22-15-7-5-12(6-8-15)14-10-20-21-11-14/h1-8,10-11,17H,9H2,(H,20,21)(H,22,25)(H,23,24)/t17-/m0/s1. The molecule has 124 valence electrons. The van der Waals surface area contributed by atoms with Crippen LogP contribution in [0.5, 0.6) is 0 Å². The highest BCUT2D eigenvalue weighted by Crippen LogP contribution is 2.21. The minimum Gasteiger partial charge on any atom is -0.340 e. The molecule has 3 aromatic rings. The number of fused-ring (bicyclic) bond motifs is 1. The summed E-state index contributed by atoms with van der Waals surface area (Å²) in [6.45, 7) is 0. The molecular weight excluding hydrogens is 316 g/mol. The summed E-state index contributed by atoms with van der Waals surface area (Å²) in [6.07, 6.45) is 4.03. The number of nitrogens with zero attached hydrogens (tertiary/aromatic N) is 1. The fourth-order valence-corrected chi connectivity index (χ4v) is 2.97. The molecule has 0 unspecified atom stereocenters. The van der Waals surface area contributed by atoms with Gasteiger partial charge in [0.25, 0.3) is 5.91 Å². The van der Waals surface area contributed by atoms with E-state index in [2.05, 4.69) is 20.8 Å². The van der Waals surface area contributed by atoms with Gasteiger partial charge in [-0.15, -0.1) is 0 Å². The maximum Gasteiger partial charge on any atom is 0.252 e. The fraction of sp³-hybridized carbons (Fsp3) is 0.105. The first-order valence-corrected chi connectivity index (χ1v) is 7.99. The summed E-state index contributed by atoms with van der Waals surface area (Å²) in [4.78, 5) is 24.6. The Labute approximate surface area is 144 Å². The van der Waals surface area contributed by atoms with Crippen LogP contribution in [-0.2, 0) is 11.2 Å². The average Bonchev–Trinajstić information content (AvgIpc) is 3.17. The van der Waals surface area contributed by atoms with Crippen molar-refractivity contribution in [1.29, 1.82) is 0 Å². The smallest absolute Gasteiger partial charge is 0.252 e. The molecule has 0 aliphatic carbocycles. The van der Waals surface area contributed by atoms with Crippen LogP contribution in [0, 0.1) is 0 Å². The second kappa shape index (κ2) is 6.24. The van der Waals surface area contributed by atoms with Crippen LogP contribution in [-0.4, -0.2) is 28.1 Å². The molecule has 6 heteroatoms. The number of aromatic amines is 1. The molecule has 1 aliphatic heterocycles. The van der Waals surface area contributed by atoms with Gasteiger partial charge in [0.05, 0.1) is 6.20 Å². The average molecular weight is 332 g/mol. The lowest BCUT2D eigenvalue weighted by Gasteiger charge is -2.24. The summed E-state index contributed by atoms with van der Waals surface area (Å²) in [6, 6.07) is 14.3. The maximum absolute atomic E-state index is 12.5. The lowest BCUT2D eigenvalue weighted by atomic mass is 9.95. The van der Waals surface area contributed by atoms with E-state index in [0.717, 1.165) is 16.7 Å². The van der Waals surface area contributed by atoms with Crippen LogP contribution in [0.4, 0.5) is 5.69 Å². The van der Waals surface area contributed by atoms with E-state index in [4.69, 9.17) is 0 Å². The number of nitrogens with one attached hydrogen (secondary N) is 3. The molecule has 3 N–H and O–H groups in total. The molecule has 0 fully saturated rings. The van der Waals surface area contributed by atoms with Crippen LogP contribution in [0.2, 0.25) is 0 Å². The molecule has 0 radical (unpaired) electrons. The van der Waals surface area contributed by atoms with Crippen molar-refractivity contribution >= 4 is 17.5 Å². The van der Waals surface area contributed by atoms with Crippen molar-refractivity contribution in [3.63, 3.8) is 0 Å². The molecule has 2 amide bonds. The van der Waals surface area contributed by atoms with Crippen LogP contribution in [0.3, 0.4) is 0 Å². The van der Waals surface area contributed by atoms with Gasteiger partial charge in [0.1, 0.15) is 6.04 Å². The van der Waals surface area contributed by atoms with E-state index in [1.54, 1.807) is 12.3 Å². The molecule has 0 bridgehead atoms. The molecule has 2 aromatic carbocycles. The lowest BCUT2D eigenvalue weighted by Crippen LogP contribution is -2.48. The highest BCUT2D eigenvalue weighted by molar-refractivity contribution is 6.03. The minimum atomic E-state index is -0.573. The van der Waals surface area contributed by atoms with E-state index in [1.807, 2.05) is 48.7 Å². The van der Waals surface area contributed by atoms with Gasteiger partial charge in [-0.25, -0.2) is 0 Å². The van der Waals surface area contributed by atoms with Gasteiger partial charge in [-0.1, -0.05) is 30.3 Å². The van der Waals surface area contributed by atoms with Crippen molar-refractivity contribution in [2.24, 2.45) is 0 Å². The second-order valence-corrected chi connectivity index (χ2v) is 5.94. The molecule has 2 heterocycles. The fourth-order valence-electron chi connectivity index (χ4n) is 2.97. The van der Waals surface area contributed by atoms with Crippen LogP contribution < -0.4 is 10.6 Å². The number of benzene rings is 2. The van der Waals surface area contributed by atoms with Gasteiger partial charge in [-0.05, 0) is 29.3 Å². The lowest BCUT2D eigenvalue weighted by molar-refractivity contribution is -0.118. The third-order valence-electron chi connectivity index (χ3n) is 4.29. The SMILES string of the molecule is O=C1N[C@H](C(=O)Nc2ccc(-c3cn[nH]c3)cc2)Cc2ccccc21. The Bertz CT molecular complexity index is 917. The number of amides is 2. The number of H-pyrrole nitrogens is 1. The normalized spacial score (nSPS) is 16.0. The zero-order valence-electron chi connectivity index (χ0n) is 13.3. The Morgan fingerprint density at radius 2 is 1.88 bits per heavy atom. The summed E-state index contributed by atoms with van der Waals surface area (Å²) in [5, 5.41) is 12.3. The maximum atomic E-state index is 12.5. The van der Waals surface area contributed by atoms with Crippen molar-refractivity contribution in [3.05, 3.63) is 72.1 Å². The summed E-state index contributed by atoms with van der Waals surface area (Å²) in [5.74, 6) is -0.434. The zero-order valence-corrected chi connectivity index (χ0v) is 13.3. The van der Waals surface area contributed by atoms with E-state index >= 15 is 0 Å². The highest BCUT2D eigenvalue weighted by atomic mass is 16.2. The molecule has 0 saturated heterocycles. The molecular formula is C19H16N4O2. The third kappa shape index (κ3) is 3.01. The Kier molecular flexibility index (Phi) is 3.78. The van der Waals surface area contributed by atoms with Gasteiger partial charge in [0, 0.05) is 29.4 Å². The van der Waals surface area contributed by atoms with Crippen LogP contribution >= 0.6 is 0 Å². The third-order valence-corrected chi connectivity index (χ3v) is 4.29. The van der Waals surface area contributed by atoms with Crippen LogP contribution in [0.25, 0.3) is 11.1 Å². The molecule has 1 atom stereocenters. The molecule has 25 heavy (non-hydrogen) atoms. The largest absolute Gasteiger partial charge is 0.340 e. The Morgan fingerprint density at radius 3 is 2.64 bits per heavy atom. The predicted octanol–water partition coefficient (Wildman–Crippen LogP) is 2.37. The van der Waals surface area contributed by atoms with Crippen molar-refractivity contribution in [2.45, 2.75) is 12.5 Å². The summed E-state index contributed by atoms with van der Waals surface area (Å²) in [5.41, 5.74) is 4.20. The van der Waals surface area contributed by atoms with Crippen molar-refractivity contribution < 1.29 is 9.59 Å². The first-order chi connectivity index (χ1) is 12.2. The molecule has 6 nitrogen and oxygen atoms in total. The number of carbonyl (C=O) groups is 2. The van der Waals surface area contributed by atoms with Gasteiger partial charge in [-0.2, -0.15) is 5.10 Å². The summed E-state index contributed by atoms with van der Waals surface area (Å²) >= 11 is 0. The van der Waals surface area contributed by atoms with Gasteiger partial charge in [0.2, 0.25) is 5.91 Å². The van der Waals surface area contributed by atoms with Gasteiger partial charge >= 0.3 is 0 Å². The summed E-state index contributed by atoms with van der Waals surface area (Å²) in [7, 11) is 0. The number of rotatable bonds is 3.